The molecule has 2 aromatic heterocycles. The van der Waals surface area contributed by atoms with Gasteiger partial charge in [0.15, 0.2) is 0 Å². The van der Waals surface area contributed by atoms with Crippen LogP contribution in [0, 0.1) is 13.8 Å². The van der Waals surface area contributed by atoms with Gasteiger partial charge in [0, 0.05) is 6.07 Å². The van der Waals surface area contributed by atoms with Gasteiger partial charge in [-0.2, -0.15) is 0 Å². The van der Waals surface area contributed by atoms with Crippen LogP contribution in [0.4, 0.5) is 5.82 Å². The van der Waals surface area contributed by atoms with Crippen molar-refractivity contribution < 1.29 is 0 Å². The number of hydrogen-bond acceptors (Lipinski definition) is 4. The van der Waals surface area contributed by atoms with Gasteiger partial charge in [-0.1, -0.05) is 0 Å². The van der Waals surface area contributed by atoms with Crippen molar-refractivity contribution in [3.63, 3.8) is 0 Å². The number of rotatable bonds is 1. The molecule has 0 saturated heterocycles. The molecule has 0 aliphatic rings. The summed E-state index contributed by atoms with van der Waals surface area (Å²) >= 11 is 0. The van der Waals surface area contributed by atoms with Crippen molar-refractivity contribution in [2.75, 3.05) is 5.73 Å². The predicted molar refractivity (Wildman–Crippen MR) is 70.5 cm³/mol. The summed E-state index contributed by atoms with van der Waals surface area (Å²) in [6.07, 6.45) is 3.21. The van der Waals surface area contributed by atoms with Crippen molar-refractivity contribution in [1.29, 1.82) is 0 Å². The summed E-state index contributed by atoms with van der Waals surface area (Å²) in [4.78, 5) is 12.5. The van der Waals surface area contributed by atoms with Crippen LogP contribution >= 0.6 is 0 Å². The first-order valence-electron chi connectivity index (χ1n) is 5.67. The van der Waals surface area contributed by atoms with Gasteiger partial charge in [0.1, 0.15) is 24.3 Å². The van der Waals surface area contributed by atoms with Gasteiger partial charge in [-0.15, -0.1) is 0 Å². The third-order valence-corrected chi connectivity index (χ3v) is 3.08. The van der Waals surface area contributed by atoms with Gasteiger partial charge in [0.05, 0.1) is 11.0 Å². The van der Waals surface area contributed by atoms with Gasteiger partial charge < -0.3 is 5.73 Å². The highest BCUT2D eigenvalue weighted by atomic mass is 15.1. The van der Waals surface area contributed by atoms with Crippen LogP contribution in [-0.2, 0) is 0 Å². The molecular weight excluding hydrogens is 226 g/mol. The summed E-state index contributed by atoms with van der Waals surface area (Å²) in [5.41, 5.74) is 10.1. The summed E-state index contributed by atoms with van der Waals surface area (Å²) in [6, 6.07) is 5.91. The zero-order chi connectivity index (χ0) is 12.7. The van der Waals surface area contributed by atoms with E-state index in [1.807, 2.05) is 4.57 Å². The van der Waals surface area contributed by atoms with Crippen molar-refractivity contribution in [3.05, 3.63) is 42.0 Å². The van der Waals surface area contributed by atoms with Crippen LogP contribution in [0.25, 0.3) is 16.9 Å². The normalized spacial score (nSPS) is 11.0. The van der Waals surface area contributed by atoms with Crippen molar-refractivity contribution in [2.45, 2.75) is 13.8 Å². The Morgan fingerprint density at radius 3 is 2.56 bits per heavy atom. The van der Waals surface area contributed by atoms with Crippen LogP contribution in [-0.4, -0.2) is 19.5 Å². The molecule has 5 heteroatoms. The second kappa shape index (κ2) is 3.80. The third kappa shape index (κ3) is 1.60. The van der Waals surface area contributed by atoms with E-state index in [4.69, 9.17) is 5.73 Å². The lowest BCUT2D eigenvalue weighted by Crippen LogP contribution is -1.99. The van der Waals surface area contributed by atoms with E-state index in [-0.39, 0.29) is 0 Å². The van der Waals surface area contributed by atoms with E-state index in [9.17, 15) is 0 Å². The highest BCUT2D eigenvalue weighted by Crippen LogP contribution is 2.21. The molecule has 0 aliphatic carbocycles. The average molecular weight is 239 g/mol. The molecule has 0 aliphatic heterocycles. The minimum absolute atomic E-state index is 0.450. The van der Waals surface area contributed by atoms with Gasteiger partial charge in [-0.25, -0.2) is 15.0 Å². The quantitative estimate of drug-likeness (QED) is 0.705. The van der Waals surface area contributed by atoms with E-state index in [0.29, 0.717) is 5.82 Å². The van der Waals surface area contributed by atoms with Crippen LogP contribution in [0.2, 0.25) is 0 Å². The van der Waals surface area contributed by atoms with E-state index in [0.717, 1.165) is 16.9 Å². The molecule has 0 radical (unpaired) electrons. The molecule has 0 bridgehead atoms. The molecule has 0 spiro atoms. The predicted octanol–water partition coefficient (Wildman–Crippen LogP) is 2.01. The molecule has 0 atom stereocenters. The molecule has 90 valence electrons. The minimum Gasteiger partial charge on any atom is -0.384 e. The molecule has 0 unspecified atom stereocenters. The topological polar surface area (TPSA) is 69.6 Å². The number of benzene rings is 1. The van der Waals surface area contributed by atoms with Crippen LogP contribution in [0.3, 0.4) is 0 Å². The van der Waals surface area contributed by atoms with Crippen molar-refractivity contribution >= 4 is 16.9 Å². The van der Waals surface area contributed by atoms with E-state index >= 15 is 0 Å². The SMILES string of the molecule is Cc1cc2ncn(-c3cc(N)ncn3)c2cc1C. The van der Waals surface area contributed by atoms with Gasteiger partial charge in [-0.3, -0.25) is 4.57 Å². The van der Waals surface area contributed by atoms with Crippen LogP contribution in [0.5, 0.6) is 0 Å². The number of hydrogen-bond donors (Lipinski definition) is 1. The molecule has 5 nitrogen and oxygen atoms in total. The fourth-order valence-electron chi connectivity index (χ4n) is 1.94. The molecule has 2 N–H and O–H groups in total. The zero-order valence-electron chi connectivity index (χ0n) is 10.3. The first kappa shape index (κ1) is 10.7. The Morgan fingerprint density at radius 2 is 1.78 bits per heavy atom. The van der Waals surface area contributed by atoms with Gasteiger partial charge in [0.25, 0.3) is 0 Å². The lowest BCUT2D eigenvalue weighted by atomic mass is 10.1. The standard InChI is InChI=1S/C13H13N5/c1-8-3-10-11(4-9(8)2)18(7-17-10)13-5-12(14)15-6-16-13/h3-7H,1-2H3,(H2,14,15,16). The highest BCUT2D eigenvalue weighted by Gasteiger charge is 2.07. The number of nitrogen functional groups attached to an aromatic ring is 1. The molecule has 18 heavy (non-hydrogen) atoms. The fourth-order valence-corrected chi connectivity index (χ4v) is 1.94. The maximum Gasteiger partial charge on any atom is 0.143 e. The molecular formula is C13H13N5. The summed E-state index contributed by atoms with van der Waals surface area (Å²) in [6.45, 7) is 4.16. The number of fused-ring (bicyclic) bond motifs is 1. The van der Waals surface area contributed by atoms with Crippen LogP contribution in [0.1, 0.15) is 11.1 Å². The van der Waals surface area contributed by atoms with Crippen LogP contribution in [0.15, 0.2) is 30.9 Å². The maximum atomic E-state index is 5.68. The Kier molecular flexibility index (Phi) is 2.26. The Hall–Kier alpha value is -2.43. The first-order chi connectivity index (χ1) is 8.65. The molecule has 2 heterocycles. The molecule has 3 rings (SSSR count). The molecule has 1 aromatic carbocycles. The number of nitrogens with two attached hydrogens (primary N) is 1. The van der Waals surface area contributed by atoms with Gasteiger partial charge in [0.2, 0.25) is 0 Å². The largest absolute Gasteiger partial charge is 0.384 e. The number of imidazole rings is 1. The number of aryl methyl sites for hydroxylation is 2. The Morgan fingerprint density at radius 1 is 1.00 bits per heavy atom. The first-order valence-corrected chi connectivity index (χ1v) is 5.67. The average Bonchev–Trinajstić information content (AvgIpc) is 2.73. The van der Waals surface area contributed by atoms with Crippen molar-refractivity contribution in [1.82, 2.24) is 19.5 Å². The molecule has 0 fully saturated rings. The fraction of sp³-hybridized carbons (Fsp3) is 0.154. The smallest absolute Gasteiger partial charge is 0.143 e. The number of anilines is 1. The Balaban J connectivity index is 2.27. The minimum atomic E-state index is 0.450. The van der Waals surface area contributed by atoms with E-state index in [1.165, 1.54) is 17.5 Å². The zero-order valence-corrected chi connectivity index (χ0v) is 10.3. The van der Waals surface area contributed by atoms with E-state index in [1.54, 1.807) is 12.4 Å². The molecule has 0 amide bonds. The van der Waals surface area contributed by atoms with Crippen molar-refractivity contribution in [3.8, 4) is 5.82 Å². The lowest BCUT2D eigenvalue weighted by molar-refractivity contribution is 0.998. The monoisotopic (exact) mass is 239 g/mol. The Labute approximate surface area is 104 Å². The molecule has 3 aromatic rings. The number of nitrogens with zero attached hydrogens (tertiary/aromatic N) is 4. The lowest BCUT2D eigenvalue weighted by Gasteiger charge is -2.05. The summed E-state index contributed by atoms with van der Waals surface area (Å²) in [5.74, 6) is 1.18. The van der Waals surface area contributed by atoms with Gasteiger partial charge >= 0.3 is 0 Å². The summed E-state index contributed by atoms with van der Waals surface area (Å²) in [7, 11) is 0. The second-order valence-corrected chi connectivity index (χ2v) is 4.34. The van der Waals surface area contributed by atoms with E-state index < -0.39 is 0 Å². The van der Waals surface area contributed by atoms with Crippen LogP contribution < -0.4 is 5.73 Å². The highest BCUT2D eigenvalue weighted by molar-refractivity contribution is 5.79. The summed E-state index contributed by atoms with van der Waals surface area (Å²) in [5, 5.41) is 0. The van der Waals surface area contributed by atoms with Gasteiger partial charge in [-0.05, 0) is 37.1 Å². The Bertz CT molecular complexity index is 729. The second-order valence-electron chi connectivity index (χ2n) is 4.34. The summed E-state index contributed by atoms with van der Waals surface area (Å²) < 4.78 is 1.92. The number of aromatic nitrogens is 4. The third-order valence-electron chi connectivity index (χ3n) is 3.08. The van der Waals surface area contributed by atoms with E-state index in [2.05, 4.69) is 40.9 Å². The van der Waals surface area contributed by atoms with Crippen molar-refractivity contribution in [2.24, 2.45) is 0 Å². The molecule has 0 saturated carbocycles. The maximum absolute atomic E-state index is 5.68.